The lowest BCUT2D eigenvalue weighted by molar-refractivity contribution is 0.153. The smallest absolute Gasteiger partial charge is 0.191 e. The van der Waals surface area contributed by atoms with E-state index in [1.165, 1.54) is 38.5 Å². The molecule has 1 aliphatic heterocycles. The van der Waals surface area contributed by atoms with Crippen molar-refractivity contribution in [3.63, 3.8) is 0 Å². The Bertz CT molecular complexity index is 254. The number of nitrogens with two attached hydrogens (primary N) is 1. The molecule has 3 nitrogen and oxygen atoms in total. The minimum Gasteiger partial charge on any atom is -0.370 e. The summed E-state index contributed by atoms with van der Waals surface area (Å²) in [5.74, 6) is 0.753. The molecule has 0 aromatic rings. The minimum absolute atomic E-state index is 0.308. The van der Waals surface area contributed by atoms with Crippen molar-refractivity contribution in [2.75, 3.05) is 13.1 Å². The van der Waals surface area contributed by atoms with E-state index in [1.807, 2.05) is 0 Å². The van der Waals surface area contributed by atoms with Gasteiger partial charge in [0.15, 0.2) is 5.96 Å². The number of guanidine groups is 1. The summed E-state index contributed by atoms with van der Waals surface area (Å²) < 4.78 is 0. The van der Waals surface area contributed by atoms with Crippen LogP contribution in [0.2, 0.25) is 0 Å². The van der Waals surface area contributed by atoms with Crippen LogP contribution in [0, 0.1) is 5.41 Å². The highest BCUT2D eigenvalue weighted by Crippen LogP contribution is 2.45. The van der Waals surface area contributed by atoms with Crippen molar-refractivity contribution in [1.29, 1.82) is 0 Å². The summed E-state index contributed by atoms with van der Waals surface area (Å²) in [6.45, 7) is 6.38. The Kier molecular flexibility index (Phi) is 3.41. The van der Waals surface area contributed by atoms with Crippen molar-refractivity contribution in [1.82, 2.24) is 4.90 Å². The Morgan fingerprint density at radius 2 is 1.69 bits per heavy atom. The lowest BCUT2D eigenvalue weighted by Crippen LogP contribution is -2.46. The van der Waals surface area contributed by atoms with Gasteiger partial charge < -0.3 is 10.6 Å². The van der Waals surface area contributed by atoms with E-state index in [1.54, 1.807) is 0 Å². The highest BCUT2D eigenvalue weighted by atomic mass is 15.3. The molecule has 1 aliphatic carbocycles. The van der Waals surface area contributed by atoms with Crippen LogP contribution in [0.25, 0.3) is 0 Å². The molecule has 0 aromatic carbocycles. The average molecular weight is 223 g/mol. The number of rotatable bonds is 1. The molecule has 0 aromatic heterocycles. The van der Waals surface area contributed by atoms with Gasteiger partial charge in [-0.25, -0.2) is 0 Å². The van der Waals surface area contributed by atoms with Crippen molar-refractivity contribution < 1.29 is 0 Å². The average Bonchev–Trinajstić information content (AvgIpc) is 2.66. The second-order valence-corrected chi connectivity index (χ2v) is 5.78. The summed E-state index contributed by atoms with van der Waals surface area (Å²) >= 11 is 0. The zero-order chi connectivity index (χ0) is 11.6. The maximum absolute atomic E-state index is 6.01. The fourth-order valence-corrected chi connectivity index (χ4v) is 3.18. The van der Waals surface area contributed by atoms with Crippen LogP contribution >= 0.6 is 0 Å². The Hall–Kier alpha value is -0.730. The predicted octanol–water partition coefficient (Wildman–Crippen LogP) is 2.37. The van der Waals surface area contributed by atoms with Gasteiger partial charge in [-0.2, -0.15) is 0 Å². The molecule has 2 rings (SSSR count). The normalized spacial score (nSPS) is 25.7. The van der Waals surface area contributed by atoms with E-state index < -0.39 is 0 Å². The van der Waals surface area contributed by atoms with Crippen LogP contribution in [0.1, 0.15) is 52.4 Å². The van der Waals surface area contributed by atoms with Gasteiger partial charge in [-0.05, 0) is 44.9 Å². The first-order valence-corrected chi connectivity index (χ1v) is 6.70. The number of hydrogen-bond donors (Lipinski definition) is 1. The molecular weight excluding hydrogens is 198 g/mol. The van der Waals surface area contributed by atoms with Crippen molar-refractivity contribution in [2.45, 2.75) is 58.4 Å². The summed E-state index contributed by atoms with van der Waals surface area (Å²) in [6, 6.07) is 0.308. The van der Waals surface area contributed by atoms with Crippen LogP contribution in [-0.2, 0) is 0 Å². The molecule has 1 spiro atoms. The standard InChI is InChI=1S/C13H25N3/c1-11(2)15-12(14)16-9-7-13(8-10-16)5-3-4-6-13/h11H,3-10H2,1-2H3,(H2,14,15). The summed E-state index contributed by atoms with van der Waals surface area (Å²) in [7, 11) is 0. The summed E-state index contributed by atoms with van der Waals surface area (Å²) in [5.41, 5.74) is 6.69. The topological polar surface area (TPSA) is 41.6 Å². The number of nitrogens with zero attached hydrogens (tertiary/aromatic N) is 2. The number of likely N-dealkylation sites (tertiary alicyclic amines) is 1. The van der Waals surface area contributed by atoms with Crippen LogP contribution in [0.15, 0.2) is 4.99 Å². The summed E-state index contributed by atoms with van der Waals surface area (Å²) in [6.07, 6.45) is 8.41. The number of aliphatic imine (C=N–C) groups is 1. The van der Waals surface area contributed by atoms with Crippen molar-refractivity contribution in [3.05, 3.63) is 0 Å². The van der Waals surface area contributed by atoms with Gasteiger partial charge in [0.1, 0.15) is 0 Å². The molecule has 92 valence electrons. The predicted molar refractivity (Wildman–Crippen MR) is 68.5 cm³/mol. The Balaban J connectivity index is 1.89. The fourth-order valence-electron chi connectivity index (χ4n) is 3.18. The maximum Gasteiger partial charge on any atom is 0.191 e. The van der Waals surface area contributed by atoms with Gasteiger partial charge in [0.05, 0.1) is 0 Å². The van der Waals surface area contributed by atoms with Gasteiger partial charge in [-0.15, -0.1) is 0 Å². The number of hydrogen-bond acceptors (Lipinski definition) is 1. The van der Waals surface area contributed by atoms with Gasteiger partial charge in [-0.3, -0.25) is 4.99 Å². The van der Waals surface area contributed by atoms with E-state index in [9.17, 15) is 0 Å². The molecule has 0 radical (unpaired) electrons. The third kappa shape index (κ3) is 2.50. The molecule has 1 saturated carbocycles. The monoisotopic (exact) mass is 223 g/mol. The molecule has 0 atom stereocenters. The second-order valence-electron chi connectivity index (χ2n) is 5.78. The van der Waals surface area contributed by atoms with E-state index >= 15 is 0 Å². The lowest BCUT2D eigenvalue weighted by atomic mass is 9.77. The first-order valence-electron chi connectivity index (χ1n) is 6.70. The SMILES string of the molecule is CC(C)N=C(N)N1CCC2(CCCC2)CC1. The van der Waals surface area contributed by atoms with Gasteiger partial charge >= 0.3 is 0 Å². The van der Waals surface area contributed by atoms with Crippen LogP contribution in [0.3, 0.4) is 0 Å². The van der Waals surface area contributed by atoms with E-state index in [4.69, 9.17) is 5.73 Å². The molecule has 0 bridgehead atoms. The molecule has 2 N–H and O–H groups in total. The molecule has 3 heteroatoms. The Morgan fingerprint density at radius 3 is 2.19 bits per heavy atom. The third-order valence-electron chi connectivity index (χ3n) is 4.20. The molecule has 0 amide bonds. The van der Waals surface area contributed by atoms with Crippen LogP contribution in [0.5, 0.6) is 0 Å². The summed E-state index contributed by atoms with van der Waals surface area (Å²) in [4.78, 5) is 6.70. The summed E-state index contributed by atoms with van der Waals surface area (Å²) in [5, 5.41) is 0. The molecule has 2 fully saturated rings. The van der Waals surface area contributed by atoms with Crippen molar-refractivity contribution in [2.24, 2.45) is 16.1 Å². The molecule has 16 heavy (non-hydrogen) atoms. The number of piperidine rings is 1. The molecule has 1 saturated heterocycles. The second kappa shape index (κ2) is 4.64. The minimum atomic E-state index is 0.308. The van der Waals surface area contributed by atoms with Gasteiger partial charge in [0.2, 0.25) is 0 Å². The maximum atomic E-state index is 6.01. The van der Waals surface area contributed by atoms with Crippen LogP contribution in [-0.4, -0.2) is 30.0 Å². The largest absolute Gasteiger partial charge is 0.370 e. The Morgan fingerprint density at radius 1 is 1.12 bits per heavy atom. The molecule has 2 aliphatic rings. The molecule has 1 heterocycles. The van der Waals surface area contributed by atoms with E-state index in [-0.39, 0.29) is 0 Å². The zero-order valence-electron chi connectivity index (χ0n) is 10.7. The Labute approximate surface area is 99.1 Å². The first-order chi connectivity index (χ1) is 7.61. The van der Waals surface area contributed by atoms with Crippen molar-refractivity contribution >= 4 is 5.96 Å². The van der Waals surface area contributed by atoms with Gasteiger partial charge in [-0.1, -0.05) is 12.8 Å². The fraction of sp³-hybridized carbons (Fsp3) is 0.923. The highest BCUT2D eigenvalue weighted by Gasteiger charge is 2.37. The molecular formula is C13H25N3. The molecule has 0 unspecified atom stereocenters. The highest BCUT2D eigenvalue weighted by molar-refractivity contribution is 5.78. The van der Waals surface area contributed by atoms with Crippen LogP contribution in [0.4, 0.5) is 0 Å². The lowest BCUT2D eigenvalue weighted by Gasteiger charge is -2.40. The third-order valence-corrected chi connectivity index (χ3v) is 4.20. The van der Waals surface area contributed by atoms with E-state index in [2.05, 4.69) is 23.7 Å². The van der Waals surface area contributed by atoms with Crippen molar-refractivity contribution in [3.8, 4) is 0 Å². The van der Waals surface area contributed by atoms with E-state index in [0.29, 0.717) is 11.5 Å². The quantitative estimate of drug-likeness (QED) is 0.548. The van der Waals surface area contributed by atoms with E-state index in [0.717, 1.165) is 19.0 Å². The zero-order valence-corrected chi connectivity index (χ0v) is 10.7. The van der Waals surface area contributed by atoms with Crippen LogP contribution < -0.4 is 5.73 Å². The van der Waals surface area contributed by atoms with Gasteiger partial charge in [0.25, 0.3) is 0 Å². The first kappa shape index (κ1) is 11.7. The van der Waals surface area contributed by atoms with Gasteiger partial charge in [0, 0.05) is 19.1 Å².